The van der Waals surface area contributed by atoms with Crippen LogP contribution in [0.15, 0.2) is 46.0 Å². The molecule has 1 aromatic heterocycles. The van der Waals surface area contributed by atoms with Gasteiger partial charge < -0.3 is 14.8 Å². The lowest BCUT2D eigenvalue weighted by atomic mass is 9.98. The van der Waals surface area contributed by atoms with E-state index in [0.717, 1.165) is 24.2 Å². The zero-order valence-electron chi connectivity index (χ0n) is 16.8. The number of nitrogens with zero attached hydrogens (tertiary/aromatic N) is 1. The lowest BCUT2D eigenvalue weighted by Crippen LogP contribution is -2.54. The number of thiophene rings is 1. The van der Waals surface area contributed by atoms with E-state index in [1.54, 1.807) is 41.8 Å². The molecule has 0 spiro atoms. The number of anilines is 1. The topological polar surface area (TPSA) is 102 Å². The largest absolute Gasteiger partial charge is 0.484 e. The highest BCUT2D eigenvalue weighted by atomic mass is 32.2. The molecule has 162 valence electrons. The number of hydrogen-bond donors (Lipinski definition) is 1. The molecule has 1 aromatic carbocycles. The van der Waals surface area contributed by atoms with Crippen LogP contribution in [0, 0.1) is 0 Å². The number of ether oxygens (including phenoxy) is 2. The summed E-state index contributed by atoms with van der Waals surface area (Å²) in [7, 11) is -0.829. The number of carbonyl (C=O) groups excluding carboxylic acids is 2. The zero-order valence-corrected chi connectivity index (χ0v) is 18.4. The van der Waals surface area contributed by atoms with Crippen LogP contribution in [-0.2, 0) is 24.3 Å². The molecular weight excluding hydrogens is 428 g/mol. The second kappa shape index (κ2) is 9.05. The lowest BCUT2D eigenvalue weighted by Gasteiger charge is -2.27. The Balaban J connectivity index is 1.59. The molecule has 30 heavy (non-hydrogen) atoms. The first-order valence-corrected chi connectivity index (χ1v) is 11.8. The molecule has 1 N–H and O–H groups in total. The van der Waals surface area contributed by atoms with Gasteiger partial charge in [-0.1, -0.05) is 18.9 Å². The smallest absolute Gasteiger partial charge is 0.331 e. The Morgan fingerprint density at radius 3 is 2.40 bits per heavy atom. The minimum Gasteiger partial charge on any atom is -0.484 e. The molecule has 1 amide bonds. The molecule has 1 aliphatic rings. The van der Waals surface area contributed by atoms with Gasteiger partial charge in [0.05, 0.1) is 12.8 Å². The molecule has 0 aliphatic heterocycles. The highest BCUT2D eigenvalue weighted by Gasteiger charge is 2.43. The maximum atomic E-state index is 12.6. The number of esters is 1. The van der Waals surface area contributed by atoms with Gasteiger partial charge in [0.25, 0.3) is 15.9 Å². The van der Waals surface area contributed by atoms with E-state index in [2.05, 4.69) is 5.32 Å². The highest BCUT2D eigenvalue weighted by molar-refractivity contribution is 7.94. The third-order valence-electron chi connectivity index (χ3n) is 5.09. The maximum absolute atomic E-state index is 12.6. The van der Waals surface area contributed by atoms with Crippen LogP contribution in [0.1, 0.15) is 25.7 Å². The van der Waals surface area contributed by atoms with Crippen molar-refractivity contribution < 1.29 is 27.5 Å². The van der Waals surface area contributed by atoms with Crippen LogP contribution in [-0.4, -0.2) is 46.6 Å². The van der Waals surface area contributed by atoms with Crippen molar-refractivity contribution in [3.05, 3.63) is 41.8 Å². The Morgan fingerprint density at radius 1 is 1.17 bits per heavy atom. The Hall–Kier alpha value is -2.59. The fourth-order valence-corrected chi connectivity index (χ4v) is 5.80. The van der Waals surface area contributed by atoms with Crippen LogP contribution in [0.4, 0.5) is 5.69 Å². The van der Waals surface area contributed by atoms with E-state index >= 15 is 0 Å². The molecule has 1 aliphatic carbocycles. The number of methoxy groups -OCH3 is 1. The number of hydrogen-bond acceptors (Lipinski definition) is 7. The monoisotopic (exact) mass is 452 g/mol. The van der Waals surface area contributed by atoms with Crippen molar-refractivity contribution in [3.63, 3.8) is 0 Å². The van der Waals surface area contributed by atoms with Gasteiger partial charge in [0.1, 0.15) is 15.5 Å². The average molecular weight is 453 g/mol. The summed E-state index contributed by atoms with van der Waals surface area (Å²) >= 11 is 1.15. The van der Waals surface area contributed by atoms with E-state index in [-0.39, 0.29) is 10.8 Å². The second-order valence-corrected chi connectivity index (χ2v) is 10.2. The van der Waals surface area contributed by atoms with E-state index in [0.29, 0.717) is 24.3 Å². The predicted octanol–water partition coefficient (Wildman–Crippen LogP) is 2.55. The summed E-state index contributed by atoms with van der Waals surface area (Å²) in [5, 5.41) is 4.46. The van der Waals surface area contributed by atoms with Gasteiger partial charge in [0, 0.05) is 7.05 Å². The number of amides is 1. The Morgan fingerprint density at radius 2 is 1.83 bits per heavy atom. The molecule has 1 saturated carbocycles. The van der Waals surface area contributed by atoms with Crippen LogP contribution in [0.5, 0.6) is 5.75 Å². The third kappa shape index (κ3) is 4.59. The van der Waals surface area contributed by atoms with E-state index in [1.165, 1.54) is 18.5 Å². The first kappa shape index (κ1) is 22.1. The first-order valence-electron chi connectivity index (χ1n) is 9.43. The molecule has 1 heterocycles. The van der Waals surface area contributed by atoms with Crippen LogP contribution in [0.2, 0.25) is 0 Å². The summed E-state index contributed by atoms with van der Waals surface area (Å²) in [6.07, 6.45) is 2.79. The fraction of sp³-hybridized carbons (Fsp3) is 0.400. The van der Waals surface area contributed by atoms with Crippen molar-refractivity contribution in [2.45, 2.75) is 35.4 Å². The van der Waals surface area contributed by atoms with Crippen LogP contribution >= 0.6 is 11.3 Å². The van der Waals surface area contributed by atoms with Crippen molar-refractivity contribution in [2.24, 2.45) is 0 Å². The summed E-state index contributed by atoms with van der Waals surface area (Å²) in [4.78, 5) is 24.4. The van der Waals surface area contributed by atoms with Gasteiger partial charge in [0.2, 0.25) is 0 Å². The molecule has 2 aromatic rings. The van der Waals surface area contributed by atoms with E-state index in [9.17, 15) is 18.0 Å². The molecule has 10 heteroatoms. The van der Waals surface area contributed by atoms with E-state index in [1.807, 2.05) is 0 Å². The lowest BCUT2D eigenvalue weighted by molar-refractivity contribution is -0.151. The molecule has 0 saturated heterocycles. The second-order valence-electron chi connectivity index (χ2n) is 7.02. The van der Waals surface area contributed by atoms with Gasteiger partial charge in [-0.15, -0.1) is 11.3 Å². The Bertz CT molecular complexity index is 981. The summed E-state index contributed by atoms with van der Waals surface area (Å²) in [6, 6.07) is 9.63. The first-order chi connectivity index (χ1) is 14.3. The molecule has 0 atom stereocenters. The molecule has 8 nitrogen and oxygen atoms in total. The number of rotatable bonds is 8. The maximum Gasteiger partial charge on any atom is 0.331 e. The predicted molar refractivity (Wildman–Crippen MR) is 113 cm³/mol. The molecule has 0 unspecified atom stereocenters. The quantitative estimate of drug-likeness (QED) is 0.618. The van der Waals surface area contributed by atoms with E-state index in [4.69, 9.17) is 9.47 Å². The number of carbonyl (C=O) groups is 2. The zero-order chi connectivity index (χ0) is 21.8. The summed E-state index contributed by atoms with van der Waals surface area (Å²) in [5.74, 6) is -0.439. The molecular formula is C20H24N2O6S2. The van der Waals surface area contributed by atoms with Crippen LogP contribution < -0.4 is 14.4 Å². The van der Waals surface area contributed by atoms with Crippen LogP contribution in [0.25, 0.3) is 0 Å². The van der Waals surface area contributed by atoms with Gasteiger partial charge in [-0.25, -0.2) is 13.2 Å². The third-order valence-corrected chi connectivity index (χ3v) is 8.25. The average Bonchev–Trinajstić information content (AvgIpc) is 3.45. The number of sulfonamides is 1. The molecule has 1 fully saturated rings. The Labute approximate surface area is 179 Å². The Kier molecular flexibility index (Phi) is 6.67. The van der Waals surface area contributed by atoms with Crippen molar-refractivity contribution in [3.8, 4) is 5.75 Å². The normalized spacial score (nSPS) is 15.4. The standard InChI is InChI=1S/C20H24N2O6S2/c1-22(30(25,26)18-6-5-13-29-18)15-7-9-16(10-8-15)28-14-17(23)21-20(19(24)27-2)11-3-4-12-20/h5-10,13H,3-4,11-12,14H2,1-2H3,(H,21,23). The minimum atomic E-state index is -3.62. The van der Waals surface area contributed by atoms with Crippen LogP contribution in [0.3, 0.4) is 0 Å². The van der Waals surface area contributed by atoms with Gasteiger partial charge in [0.15, 0.2) is 6.61 Å². The van der Waals surface area contributed by atoms with E-state index < -0.39 is 27.4 Å². The summed E-state index contributed by atoms with van der Waals surface area (Å²) in [5.41, 5.74) is -0.506. The number of benzene rings is 1. The summed E-state index contributed by atoms with van der Waals surface area (Å²) < 4.78 is 37.0. The highest BCUT2D eigenvalue weighted by Crippen LogP contribution is 2.31. The molecule has 0 radical (unpaired) electrons. The van der Waals surface area contributed by atoms with Gasteiger partial charge in [-0.2, -0.15) is 0 Å². The minimum absolute atomic E-state index is 0.258. The molecule has 3 rings (SSSR count). The number of nitrogens with one attached hydrogen (secondary N) is 1. The van der Waals surface area contributed by atoms with Gasteiger partial charge in [-0.3, -0.25) is 9.10 Å². The van der Waals surface area contributed by atoms with Crippen molar-refractivity contribution in [2.75, 3.05) is 25.1 Å². The van der Waals surface area contributed by atoms with Gasteiger partial charge >= 0.3 is 5.97 Å². The fourth-order valence-electron chi connectivity index (χ4n) is 3.44. The van der Waals surface area contributed by atoms with Gasteiger partial charge in [-0.05, 0) is 48.6 Å². The summed E-state index contributed by atoms with van der Waals surface area (Å²) in [6.45, 7) is -0.262. The van der Waals surface area contributed by atoms with Crippen molar-refractivity contribution >= 4 is 38.9 Å². The van der Waals surface area contributed by atoms with Crippen molar-refractivity contribution in [1.82, 2.24) is 5.32 Å². The SMILES string of the molecule is COC(=O)C1(NC(=O)COc2ccc(N(C)S(=O)(=O)c3cccs3)cc2)CCCC1. The van der Waals surface area contributed by atoms with Crippen molar-refractivity contribution in [1.29, 1.82) is 0 Å². The molecule has 0 bridgehead atoms.